The highest BCUT2D eigenvalue weighted by Crippen LogP contribution is 2.41. The van der Waals surface area contributed by atoms with E-state index in [0.717, 1.165) is 32.1 Å². The molecule has 1 heterocycles. The third kappa shape index (κ3) is 1.36. The van der Waals surface area contributed by atoms with Crippen LogP contribution in [0.3, 0.4) is 0 Å². The van der Waals surface area contributed by atoms with Gasteiger partial charge < -0.3 is 4.74 Å². The second-order valence-corrected chi connectivity index (χ2v) is 4.40. The normalized spacial score (nSPS) is 39.6. The fourth-order valence-electron chi connectivity index (χ4n) is 2.24. The Hall–Kier alpha value is -0.860. The minimum Gasteiger partial charge on any atom is -0.393 e. The smallest absolute Gasteiger partial charge is 0.319 e. The lowest BCUT2D eigenvalue weighted by atomic mass is 9.83. The summed E-state index contributed by atoms with van der Waals surface area (Å²) in [6.45, 7) is 1.91. The molecule has 0 N–H and O–H groups in total. The van der Waals surface area contributed by atoms with Crippen molar-refractivity contribution in [3.05, 3.63) is 0 Å². The molecule has 2 rings (SSSR count). The van der Waals surface area contributed by atoms with Crippen LogP contribution in [0.25, 0.3) is 0 Å². The third-order valence-electron chi connectivity index (χ3n) is 3.35. The van der Waals surface area contributed by atoms with E-state index in [-0.39, 0.29) is 23.3 Å². The molecule has 3 nitrogen and oxygen atoms in total. The Morgan fingerprint density at radius 1 is 1.31 bits per heavy atom. The molecule has 0 spiro atoms. The van der Waals surface area contributed by atoms with Crippen LogP contribution in [0.1, 0.15) is 39.0 Å². The van der Waals surface area contributed by atoms with E-state index in [9.17, 15) is 9.59 Å². The van der Waals surface area contributed by atoms with Gasteiger partial charge in [0.2, 0.25) is 0 Å². The first-order valence-electron chi connectivity index (χ1n) is 4.88. The highest BCUT2D eigenvalue weighted by molar-refractivity contribution is 5.91. The molecule has 2 fully saturated rings. The zero-order valence-corrected chi connectivity index (χ0v) is 7.84. The summed E-state index contributed by atoms with van der Waals surface area (Å²) in [5.74, 6) is -0.624. The van der Waals surface area contributed by atoms with Crippen molar-refractivity contribution in [3.8, 4) is 0 Å². The Balaban J connectivity index is 2.31. The average molecular weight is 182 g/mol. The largest absolute Gasteiger partial charge is 0.393 e. The molecule has 1 saturated carbocycles. The van der Waals surface area contributed by atoms with Crippen molar-refractivity contribution in [3.63, 3.8) is 0 Å². The van der Waals surface area contributed by atoms with Gasteiger partial charge in [-0.05, 0) is 32.6 Å². The molecule has 2 unspecified atom stereocenters. The van der Waals surface area contributed by atoms with Gasteiger partial charge in [0.05, 0.1) is 11.3 Å². The molecule has 1 aliphatic heterocycles. The molecule has 2 bridgehead atoms. The Bertz CT molecular complexity index is 259. The van der Waals surface area contributed by atoms with Crippen LogP contribution >= 0.6 is 0 Å². The van der Waals surface area contributed by atoms with Crippen LogP contribution in [0.2, 0.25) is 0 Å². The Kier molecular flexibility index (Phi) is 1.90. The van der Waals surface area contributed by atoms with Gasteiger partial charge >= 0.3 is 11.9 Å². The van der Waals surface area contributed by atoms with Gasteiger partial charge in [0.15, 0.2) is 0 Å². The van der Waals surface area contributed by atoms with Gasteiger partial charge in [-0.1, -0.05) is 6.42 Å². The second kappa shape index (κ2) is 2.82. The number of hydrogen-bond donors (Lipinski definition) is 0. The lowest BCUT2D eigenvalue weighted by Crippen LogP contribution is -2.31. The number of esters is 2. The summed E-state index contributed by atoms with van der Waals surface area (Å²) in [5.41, 5.74) is -0.388. The summed E-state index contributed by atoms with van der Waals surface area (Å²) >= 11 is 0. The number of hydrogen-bond acceptors (Lipinski definition) is 3. The molecule has 3 heteroatoms. The van der Waals surface area contributed by atoms with E-state index in [0.29, 0.717) is 0 Å². The first-order chi connectivity index (χ1) is 6.12. The predicted molar refractivity (Wildman–Crippen MR) is 45.8 cm³/mol. The van der Waals surface area contributed by atoms with Gasteiger partial charge in [0, 0.05) is 0 Å². The number of fused-ring (bicyclic) bond motifs is 3. The number of carbonyl (C=O) groups excluding carboxylic acids is 2. The van der Waals surface area contributed by atoms with Gasteiger partial charge in [0.1, 0.15) is 0 Å². The van der Waals surface area contributed by atoms with Gasteiger partial charge in [-0.2, -0.15) is 0 Å². The Morgan fingerprint density at radius 2 is 2.08 bits per heavy atom. The van der Waals surface area contributed by atoms with Crippen LogP contribution in [-0.4, -0.2) is 11.9 Å². The number of carbonyl (C=O) groups is 2. The molecule has 0 aromatic carbocycles. The lowest BCUT2D eigenvalue weighted by molar-refractivity contribution is -0.168. The Morgan fingerprint density at radius 3 is 2.85 bits per heavy atom. The van der Waals surface area contributed by atoms with Crippen LogP contribution in [0.4, 0.5) is 0 Å². The highest BCUT2D eigenvalue weighted by Gasteiger charge is 2.43. The van der Waals surface area contributed by atoms with Crippen molar-refractivity contribution in [1.82, 2.24) is 0 Å². The fourth-order valence-corrected chi connectivity index (χ4v) is 2.24. The summed E-state index contributed by atoms with van der Waals surface area (Å²) in [6.07, 6.45) is 4.36. The first-order valence-corrected chi connectivity index (χ1v) is 4.88. The maximum Gasteiger partial charge on any atom is 0.319 e. The van der Waals surface area contributed by atoms with Crippen LogP contribution in [0.15, 0.2) is 0 Å². The third-order valence-corrected chi connectivity index (χ3v) is 3.35. The Labute approximate surface area is 77.4 Å². The van der Waals surface area contributed by atoms with Crippen LogP contribution in [-0.2, 0) is 14.3 Å². The van der Waals surface area contributed by atoms with Crippen molar-refractivity contribution >= 4 is 11.9 Å². The van der Waals surface area contributed by atoms with Crippen LogP contribution in [0, 0.1) is 11.3 Å². The van der Waals surface area contributed by atoms with Gasteiger partial charge in [-0.15, -0.1) is 0 Å². The maximum atomic E-state index is 11.5. The number of rotatable bonds is 0. The number of ether oxygens (including phenoxy) is 1. The minimum atomic E-state index is -0.388. The lowest BCUT2D eigenvalue weighted by Gasteiger charge is -2.23. The fraction of sp³-hybridized carbons (Fsp3) is 0.800. The second-order valence-electron chi connectivity index (χ2n) is 4.40. The summed E-state index contributed by atoms with van der Waals surface area (Å²) in [5, 5.41) is 0. The molecule has 72 valence electrons. The summed E-state index contributed by atoms with van der Waals surface area (Å²) in [6, 6.07) is 0. The van der Waals surface area contributed by atoms with Crippen LogP contribution < -0.4 is 0 Å². The zero-order valence-electron chi connectivity index (χ0n) is 7.84. The van der Waals surface area contributed by atoms with Gasteiger partial charge in [0.25, 0.3) is 0 Å². The van der Waals surface area contributed by atoms with E-state index < -0.39 is 0 Å². The molecule has 1 saturated heterocycles. The molecular formula is C10H14O3. The molecule has 2 aliphatic rings. The molecule has 0 aromatic rings. The SMILES string of the molecule is CC12CCCC(CC1)C(=O)OC2=O. The average Bonchev–Trinajstić information content (AvgIpc) is 2.32. The molecule has 2 atom stereocenters. The predicted octanol–water partition coefficient (Wildman–Crippen LogP) is 1.66. The number of cyclic esters (lactones) is 2. The topological polar surface area (TPSA) is 43.4 Å². The zero-order chi connectivity index (χ0) is 9.47. The first kappa shape index (κ1) is 8.73. The van der Waals surface area contributed by atoms with Gasteiger partial charge in [-0.3, -0.25) is 9.59 Å². The van der Waals surface area contributed by atoms with E-state index in [4.69, 9.17) is 4.74 Å². The molecule has 0 radical (unpaired) electrons. The van der Waals surface area contributed by atoms with E-state index in [1.54, 1.807) is 0 Å². The summed E-state index contributed by atoms with van der Waals surface area (Å²) < 4.78 is 4.80. The highest BCUT2D eigenvalue weighted by atomic mass is 16.6. The van der Waals surface area contributed by atoms with Crippen molar-refractivity contribution in [2.24, 2.45) is 11.3 Å². The van der Waals surface area contributed by atoms with Gasteiger partial charge in [-0.25, -0.2) is 0 Å². The van der Waals surface area contributed by atoms with Crippen molar-refractivity contribution in [1.29, 1.82) is 0 Å². The van der Waals surface area contributed by atoms with E-state index >= 15 is 0 Å². The molecule has 1 aliphatic carbocycles. The standard InChI is InChI=1S/C10H14O3/c1-10-5-2-3-7(4-6-10)8(11)13-9(10)12/h7H,2-6H2,1H3. The van der Waals surface area contributed by atoms with Crippen molar-refractivity contribution < 1.29 is 14.3 Å². The van der Waals surface area contributed by atoms with Crippen LogP contribution in [0.5, 0.6) is 0 Å². The van der Waals surface area contributed by atoms with E-state index in [2.05, 4.69) is 0 Å². The molecule has 0 aromatic heterocycles. The molecule has 0 amide bonds. The summed E-state index contributed by atoms with van der Waals surface area (Å²) in [4.78, 5) is 22.8. The summed E-state index contributed by atoms with van der Waals surface area (Å²) in [7, 11) is 0. The van der Waals surface area contributed by atoms with E-state index in [1.165, 1.54) is 0 Å². The van der Waals surface area contributed by atoms with Crippen molar-refractivity contribution in [2.75, 3.05) is 0 Å². The molecule has 13 heavy (non-hydrogen) atoms. The minimum absolute atomic E-state index is 0.0201. The monoisotopic (exact) mass is 182 g/mol. The maximum absolute atomic E-state index is 11.5. The molecular weight excluding hydrogens is 168 g/mol. The van der Waals surface area contributed by atoms with E-state index in [1.807, 2.05) is 6.92 Å². The quantitative estimate of drug-likeness (QED) is 0.422. The van der Waals surface area contributed by atoms with Crippen molar-refractivity contribution in [2.45, 2.75) is 39.0 Å².